The summed E-state index contributed by atoms with van der Waals surface area (Å²) in [5.41, 5.74) is 3.30. The van der Waals surface area contributed by atoms with Crippen LogP contribution in [0.4, 0.5) is 4.39 Å². The first-order valence-corrected chi connectivity index (χ1v) is 12.7. The zero-order valence-corrected chi connectivity index (χ0v) is 21.8. The highest BCUT2D eigenvalue weighted by Gasteiger charge is 2.31. The van der Waals surface area contributed by atoms with Gasteiger partial charge in [0.1, 0.15) is 5.82 Å². The molecule has 0 saturated heterocycles. The molecule has 0 bridgehead atoms. The number of rotatable bonds is 10. The maximum absolute atomic E-state index is 13.6. The molecule has 1 atom stereocenters. The van der Waals surface area contributed by atoms with E-state index in [2.05, 4.69) is 66.1 Å². The third-order valence-electron chi connectivity index (χ3n) is 7.12. The van der Waals surface area contributed by atoms with Crippen molar-refractivity contribution in [2.24, 2.45) is 0 Å². The van der Waals surface area contributed by atoms with Gasteiger partial charge < -0.3 is 4.98 Å². The van der Waals surface area contributed by atoms with Crippen LogP contribution in [-0.4, -0.2) is 30.1 Å². The first kappa shape index (κ1) is 25.7. The van der Waals surface area contributed by atoms with E-state index in [1.807, 2.05) is 22.9 Å². The Morgan fingerprint density at radius 2 is 1.75 bits per heavy atom. The van der Waals surface area contributed by atoms with Gasteiger partial charge in [-0.25, -0.2) is 9.07 Å². The topological polar surface area (TPSA) is 79.7 Å². The van der Waals surface area contributed by atoms with Gasteiger partial charge >= 0.3 is 0 Å². The number of aromatic nitrogens is 5. The number of aromatic amines is 1. The molecule has 7 nitrogen and oxygen atoms in total. The van der Waals surface area contributed by atoms with E-state index in [0.717, 1.165) is 41.6 Å². The molecule has 0 fully saturated rings. The molecule has 0 aliphatic heterocycles. The van der Waals surface area contributed by atoms with Crippen molar-refractivity contribution >= 4 is 10.9 Å². The molecule has 1 unspecified atom stereocenters. The molecule has 190 valence electrons. The minimum atomic E-state index is -0.274. The monoisotopic (exact) mass is 490 g/mol. The van der Waals surface area contributed by atoms with E-state index >= 15 is 0 Å². The number of benzene rings is 2. The van der Waals surface area contributed by atoms with Crippen LogP contribution >= 0.6 is 0 Å². The number of tetrazole rings is 1. The van der Waals surface area contributed by atoms with Crippen molar-refractivity contribution in [2.45, 2.75) is 78.6 Å². The van der Waals surface area contributed by atoms with Gasteiger partial charge in [0.25, 0.3) is 5.56 Å². The van der Waals surface area contributed by atoms with E-state index in [-0.39, 0.29) is 23.0 Å². The summed E-state index contributed by atoms with van der Waals surface area (Å²) in [5, 5.41) is 13.8. The summed E-state index contributed by atoms with van der Waals surface area (Å²) in [4.78, 5) is 18.4. The van der Waals surface area contributed by atoms with Crippen molar-refractivity contribution in [3.8, 4) is 0 Å². The average molecular weight is 491 g/mol. The maximum Gasteiger partial charge on any atom is 0.252 e. The Morgan fingerprint density at radius 3 is 2.42 bits per heavy atom. The number of fused-ring (bicyclic) bond motifs is 1. The van der Waals surface area contributed by atoms with Gasteiger partial charge in [-0.15, -0.1) is 5.10 Å². The van der Waals surface area contributed by atoms with Crippen LogP contribution in [0.2, 0.25) is 0 Å². The molecule has 36 heavy (non-hydrogen) atoms. The molecule has 8 heteroatoms. The third-order valence-corrected chi connectivity index (χ3v) is 7.12. The molecule has 0 aliphatic rings. The Kier molecular flexibility index (Phi) is 7.64. The second kappa shape index (κ2) is 10.7. The highest BCUT2D eigenvalue weighted by molar-refractivity contribution is 5.79. The Balaban J connectivity index is 1.77. The summed E-state index contributed by atoms with van der Waals surface area (Å²) >= 11 is 0. The highest BCUT2D eigenvalue weighted by atomic mass is 19.1. The number of halogens is 1. The standard InChI is InChI=1S/C28H35FN6O/c1-6-19-11-14-24-21(15-19)16-22(27(36)30-24)18-34(17-20-9-12-23(29)13-10-20)25(7-2)26-31-32-33-35(26)28(4,5)8-3/h9-16,25H,6-8,17-18H2,1-5H3,(H,30,36). The van der Waals surface area contributed by atoms with Crippen LogP contribution < -0.4 is 5.56 Å². The second-order valence-electron chi connectivity index (χ2n) is 9.97. The van der Waals surface area contributed by atoms with E-state index in [1.54, 1.807) is 12.1 Å². The zero-order chi connectivity index (χ0) is 25.9. The fraction of sp³-hybridized carbons (Fsp3) is 0.429. The third kappa shape index (κ3) is 5.38. The average Bonchev–Trinajstić information content (AvgIpc) is 3.36. The zero-order valence-electron chi connectivity index (χ0n) is 21.8. The summed E-state index contributed by atoms with van der Waals surface area (Å²) in [7, 11) is 0. The quantitative estimate of drug-likeness (QED) is 0.317. The van der Waals surface area contributed by atoms with E-state index in [0.29, 0.717) is 18.7 Å². The second-order valence-corrected chi connectivity index (χ2v) is 9.97. The molecule has 2 aromatic carbocycles. The number of aryl methyl sites for hydroxylation is 1. The lowest BCUT2D eigenvalue weighted by Gasteiger charge is -2.33. The summed E-state index contributed by atoms with van der Waals surface area (Å²) in [6, 6.07) is 14.5. The predicted octanol–water partition coefficient (Wildman–Crippen LogP) is 5.51. The Morgan fingerprint density at radius 1 is 1.03 bits per heavy atom. The van der Waals surface area contributed by atoms with Crippen molar-refractivity contribution in [1.82, 2.24) is 30.1 Å². The van der Waals surface area contributed by atoms with E-state index in [9.17, 15) is 9.18 Å². The highest BCUT2D eigenvalue weighted by Crippen LogP contribution is 2.30. The summed E-state index contributed by atoms with van der Waals surface area (Å²) < 4.78 is 15.5. The van der Waals surface area contributed by atoms with Gasteiger partial charge in [0.2, 0.25) is 0 Å². The molecule has 0 radical (unpaired) electrons. The molecular weight excluding hydrogens is 455 g/mol. The molecule has 0 spiro atoms. The lowest BCUT2D eigenvalue weighted by molar-refractivity contribution is 0.150. The summed E-state index contributed by atoms with van der Waals surface area (Å²) in [5.74, 6) is 0.487. The van der Waals surface area contributed by atoms with Crippen LogP contribution in [0.15, 0.2) is 53.3 Å². The van der Waals surface area contributed by atoms with Crippen LogP contribution in [0.1, 0.15) is 76.0 Å². The number of nitrogens with zero attached hydrogens (tertiary/aromatic N) is 5. The number of pyridine rings is 1. The van der Waals surface area contributed by atoms with Crippen LogP contribution in [0.25, 0.3) is 10.9 Å². The molecule has 0 amide bonds. The lowest BCUT2D eigenvalue weighted by atomic mass is 10.0. The molecule has 1 N–H and O–H groups in total. The fourth-order valence-electron chi connectivity index (χ4n) is 4.54. The molecule has 4 rings (SSSR count). The minimum Gasteiger partial charge on any atom is -0.322 e. The van der Waals surface area contributed by atoms with Gasteiger partial charge in [-0.1, -0.05) is 39.0 Å². The van der Waals surface area contributed by atoms with E-state index < -0.39 is 0 Å². The van der Waals surface area contributed by atoms with Crippen molar-refractivity contribution in [3.05, 3.63) is 87.2 Å². The molecule has 4 aromatic rings. The van der Waals surface area contributed by atoms with Gasteiger partial charge in [0.05, 0.1) is 11.6 Å². The first-order valence-electron chi connectivity index (χ1n) is 12.7. The number of hydrogen-bond acceptors (Lipinski definition) is 5. The summed E-state index contributed by atoms with van der Waals surface area (Å²) in [6.07, 6.45) is 2.53. The normalized spacial score (nSPS) is 13.0. The van der Waals surface area contributed by atoms with Gasteiger partial charge in [0, 0.05) is 24.2 Å². The Bertz CT molecular complexity index is 1380. The lowest BCUT2D eigenvalue weighted by Crippen LogP contribution is -2.36. The Hall–Kier alpha value is -3.39. The van der Waals surface area contributed by atoms with Crippen molar-refractivity contribution in [1.29, 1.82) is 0 Å². The fourth-order valence-corrected chi connectivity index (χ4v) is 4.54. The van der Waals surface area contributed by atoms with Crippen molar-refractivity contribution in [3.63, 3.8) is 0 Å². The van der Waals surface area contributed by atoms with Gasteiger partial charge in [-0.3, -0.25) is 9.69 Å². The number of nitrogens with one attached hydrogen (secondary N) is 1. The van der Waals surface area contributed by atoms with Gasteiger partial charge in [0.15, 0.2) is 5.82 Å². The van der Waals surface area contributed by atoms with Crippen molar-refractivity contribution in [2.75, 3.05) is 0 Å². The van der Waals surface area contributed by atoms with Gasteiger partial charge in [-0.2, -0.15) is 0 Å². The van der Waals surface area contributed by atoms with Crippen molar-refractivity contribution < 1.29 is 4.39 Å². The number of H-pyrrole nitrogens is 1. The van der Waals surface area contributed by atoms with E-state index in [1.165, 1.54) is 17.7 Å². The first-order chi connectivity index (χ1) is 17.2. The molecule has 0 aliphatic carbocycles. The number of hydrogen-bond donors (Lipinski definition) is 1. The maximum atomic E-state index is 13.6. The molecular formula is C28H35FN6O. The molecule has 0 saturated carbocycles. The Labute approximate surface area is 211 Å². The SMILES string of the molecule is CCc1ccc2[nH]c(=O)c(CN(Cc3ccc(F)cc3)C(CC)c3nnnn3C(C)(C)CC)cc2c1. The summed E-state index contributed by atoms with van der Waals surface area (Å²) in [6.45, 7) is 11.5. The van der Waals surface area contributed by atoms with Crippen LogP contribution in [0, 0.1) is 5.82 Å². The van der Waals surface area contributed by atoms with E-state index in [4.69, 9.17) is 0 Å². The van der Waals surface area contributed by atoms with Crippen LogP contribution in [-0.2, 0) is 25.0 Å². The van der Waals surface area contributed by atoms with Gasteiger partial charge in [-0.05, 0) is 90.4 Å². The van der Waals surface area contributed by atoms with Crippen LogP contribution in [0.5, 0.6) is 0 Å². The predicted molar refractivity (Wildman–Crippen MR) is 140 cm³/mol. The molecule has 2 aromatic heterocycles. The smallest absolute Gasteiger partial charge is 0.252 e. The largest absolute Gasteiger partial charge is 0.322 e. The minimum absolute atomic E-state index is 0.112. The van der Waals surface area contributed by atoms with Crippen LogP contribution in [0.3, 0.4) is 0 Å². The molecule has 2 heterocycles.